The molecular formula is C23H24N2O7S2. The largest absolute Gasteiger partial charge is 0.495 e. The van der Waals surface area contributed by atoms with Gasteiger partial charge in [-0.25, -0.2) is 21.6 Å². The molecule has 9 nitrogen and oxygen atoms in total. The number of aromatic carboxylic acids is 1. The standard InChI is InChI=1S/C23H24N2O7S2/c1-14-5-9-19(16(3)11-14)24-33(28,29)18-8-6-15(2)20(13-18)25-34(30,31)22-12-17(23(26)27)7-10-21(22)32-4/h5-13,24-25H,1-4H3,(H,26,27). The topological polar surface area (TPSA) is 139 Å². The van der Waals surface area contributed by atoms with Gasteiger partial charge in [0.25, 0.3) is 20.0 Å². The third-order valence-electron chi connectivity index (χ3n) is 5.09. The van der Waals surface area contributed by atoms with Gasteiger partial charge in [-0.1, -0.05) is 23.8 Å². The van der Waals surface area contributed by atoms with Crippen LogP contribution in [-0.2, 0) is 20.0 Å². The Kier molecular flexibility index (Phi) is 6.89. The molecule has 0 saturated heterocycles. The molecule has 0 unspecified atom stereocenters. The number of carboxylic acids is 1. The third-order valence-corrected chi connectivity index (χ3v) is 7.84. The van der Waals surface area contributed by atoms with Crippen molar-refractivity contribution in [3.63, 3.8) is 0 Å². The molecule has 0 fully saturated rings. The number of anilines is 2. The number of rotatable bonds is 8. The van der Waals surface area contributed by atoms with Crippen molar-refractivity contribution in [2.75, 3.05) is 16.6 Å². The van der Waals surface area contributed by atoms with Gasteiger partial charge in [-0.15, -0.1) is 0 Å². The molecule has 0 radical (unpaired) electrons. The lowest BCUT2D eigenvalue weighted by Gasteiger charge is -2.16. The highest BCUT2D eigenvalue weighted by Gasteiger charge is 2.24. The number of nitrogens with one attached hydrogen (secondary N) is 2. The Balaban J connectivity index is 2.00. The van der Waals surface area contributed by atoms with Crippen molar-refractivity contribution >= 4 is 37.4 Å². The van der Waals surface area contributed by atoms with Gasteiger partial charge in [0.2, 0.25) is 0 Å². The number of hydrogen-bond acceptors (Lipinski definition) is 6. The van der Waals surface area contributed by atoms with Crippen molar-refractivity contribution in [1.82, 2.24) is 0 Å². The van der Waals surface area contributed by atoms with Crippen LogP contribution in [0.3, 0.4) is 0 Å². The summed E-state index contributed by atoms with van der Waals surface area (Å²) in [6, 6.07) is 12.7. The zero-order valence-corrected chi connectivity index (χ0v) is 20.5. The summed E-state index contributed by atoms with van der Waals surface area (Å²) < 4.78 is 62.1. The van der Waals surface area contributed by atoms with Gasteiger partial charge in [-0.05, 0) is 68.3 Å². The van der Waals surface area contributed by atoms with E-state index in [1.54, 1.807) is 26.0 Å². The van der Waals surface area contributed by atoms with Gasteiger partial charge < -0.3 is 9.84 Å². The normalized spacial score (nSPS) is 11.6. The molecule has 0 spiro atoms. The van der Waals surface area contributed by atoms with Crippen LogP contribution in [0.2, 0.25) is 0 Å². The van der Waals surface area contributed by atoms with Crippen molar-refractivity contribution < 1.29 is 31.5 Å². The van der Waals surface area contributed by atoms with Crippen LogP contribution in [0.25, 0.3) is 0 Å². The number of methoxy groups -OCH3 is 1. The van der Waals surface area contributed by atoms with Crippen LogP contribution in [0.1, 0.15) is 27.0 Å². The molecule has 0 bridgehead atoms. The summed E-state index contributed by atoms with van der Waals surface area (Å²) in [5, 5.41) is 9.22. The molecule has 0 atom stereocenters. The number of ether oxygens (including phenoxy) is 1. The molecule has 34 heavy (non-hydrogen) atoms. The summed E-state index contributed by atoms with van der Waals surface area (Å²) in [7, 11) is -7.09. The molecule has 180 valence electrons. The van der Waals surface area contributed by atoms with Gasteiger partial charge in [0.15, 0.2) is 0 Å². The predicted molar refractivity (Wildman–Crippen MR) is 129 cm³/mol. The van der Waals surface area contributed by atoms with E-state index in [4.69, 9.17) is 4.74 Å². The second kappa shape index (κ2) is 9.35. The Morgan fingerprint density at radius 3 is 2.09 bits per heavy atom. The van der Waals surface area contributed by atoms with Crippen molar-refractivity contribution in [3.05, 3.63) is 76.9 Å². The SMILES string of the molecule is COc1ccc(C(=O)O)cc1S(=O)(=O)Nc1cc(S(=O)(=O)Nc2ccc(C)cc2C)ccc1C. The summed E-state index contributed by atoms with van der Waals surface area (Å²) in [4.78, 5) is 10.8. The van der Waals surface area contributed by atoms with E-state index < -0.39 is 30.9 Å². The van der Waals surface area contributed by atoms with E-state index in [0.29, 0.717) is 11.3 Å². The molecule has 3 aromatic rings. The second-order valence-corrected chi connectivity index (χ2v) is 11.0. The van der Waals surface area contributed by atoms with Gasteiger partial charge in [0, 0.05) is 0 Å². The molecule has 11 heteroatoms. The first-order chi connectivity index (χ1) is 15.8. The Labute approximate surface area is 198 Å². The Morgan fingerprint density at radius 1 is 0.794 bits per heavy atom. The first-order valence-electron chi connectivity index (χ1n) is 9.99. The number of aryl methyl sites for hydroxylation is 3. The summed E-state index contributed by atoms with van der Waals surface area (Å²) in [5.74, 6) is -1.36. The van der Waals surface area contributed by atoms with Crippen LogP contribution < -0.4 is 14.2 Å². The van der Waals surface area contributed by atoms with Gasteiger partial charge in [-0.2, -0.15) is 0 Å². The Bertz CT molecular complexity index is 1480. The summed E-state index contributed by atoms with van der Waals surface area (Å²) in [6.07, 6.45) is 0. The zero-order valence-electron chi connectivity index (χ0n) is 18.9. The minimum Gasteiger partial charge on any atom is -0.495 e. The van der Waals surface area contributed by atoms with Crippen molar-refractivity contribution in [3.8, 4) is 5.75 Å². The maximum atomic E-state index is 13.1. The van der Waals surface area contributed by atoms with Crippen LogP contribution in [0.5, 0.6) is 5.75 Å². The molecule has 3 aromatic carbocycles. The quantitative estimate of drug-likeness (QED) is 0.422. The molecule has 0 heterocycles. The minimum atomic E-state index is -4.32. The van der Waals surface area contributed by atoms with E-state index >= 15 is 0 Å². The van der Waals surface area contributed by atoms with Gasteiger partial charge >= 0.3 is 5.97 Å². The summed E-state index contributed by atoms with van der Waals surface area (Å²) in [6.45, 7) is 5.28. The molecule has 0 amide bonds. The zero-order chi connectivity index (χ0) is 25.3. The van der Waals surface area contributed by atoms with Gasteiger partial charge in [-0.3, -0.25) is 9.44 Å². The van der Waals surface area contributed by atoms with Crippen LogP contribution in [0.4, 0.5) is 11.4 Å². The van der Waals surface area contributed by atoms with Crippen molar-refractivity contribution in [2.24, 2.45) is 0 Å². The molecule has 0 aliphatic rings. The molecule has 0 saturated carbocycles. The van der Waals surface area contributed by atoms with E-state index in [2.05, 4.69) is 9.44 Å². The van der Waals surface area contributed by atoms with E-state index in [1.165, 1.54) is 37.4 Å². The molecule has 3 N–H and O–H groups in total. The highest BCUT2D eigenvalue weighted by Crippen LogP contribution is 2.30. The Hall–Kier alpha value is -3.57. The smallest absolute Gasteiger partial charge is 0.335 e. The predicted octanol–water partition coefficient (Wildman–Crippen LogP) is 3.92. The molecule has 3 rings (SSSR count). The lowest BCUT2D eigenvalue weighted by Crippen LogP contribution is -2.17. The van der Waals surface area contributed by atoms with Crippen LogP contribution in [0, 0.1) is 20.8 Å². The second-order valence-electron chi connectivity index (χ2n) is 7.68. The fourth-order valence-corrected chi connectivity index (χ4v) is 5.70. The van der Waals surface area contributed by atoms with Crippen molar-refractivity contribution in [2.45, 2.75) is 30.6 Å². The lowest BCUT2D eigenvalue weighted by atomic mass is 10.1. The third kappa shape index (κ3) is 5.32. The van der Waals surface area contributed by atoms with E-state index in [1.807, 2.05) is 13.0 Å². The van der Waals surface area contributed by atoms with Crippen LogP contribution >= 0.6 is 0 Å². The van der Waals surface area contributed by atoms with Crippen molar-refractivity contribution in [1.29, 1.82) is 0 Å². The highest BCUT2D eigenvalue weighted by molar-refractivity contribution is 7.93. The summed E-state index contributed by atoms with van der Waals surface area (Å²) >= 11 is 0. The molecule has 0 aliphatic heterocycles. The number of sulfonamides is 2. The fraction of sp³-hybridized carbons (Fsp3) is 0.174. The minimum absolute atomic E-state index is 0.0197. The Morgan fingerprint density at radius 2 is 1.47 bits per heavy atom. The average Bonchev–Trinajstić information content (AvgIpc) is 2.76. The highest BCUT2D eigenvalue weighted by atomic mass is 32.2. The first-order valence-corrected chi connectivity index (χ1v) is 13.0. The lowest BCUT2D eigenvalue weighted by molar-refractivity contribution is 0.0696. The number of benzene rings is 3. The first kappa shape index (κ1) is 25.1. The fourth-order valence-electron chi connectivity index (χ4n) is 3.23. The van der Waals surface area contributed by atoms with Gasteiger partial charge in [0.05, 0.1) is 28.9 Å². The number of carboxylic acid groups (broad SMARTS) is 1. The summed E-state index contributed by atoms with van der Waals surface area (Å²) in [5.41, 5.74) is 2.36. The van der Waals surface area contributed by atoms with E-state index in [-0.39, 0.29) is 21.9 Å². The van der Waals surface area contributed by atoms with E-state index in [0.717, 1.165) is 17.2 Å². The number of carbonyl (C=O) groups is 1. The molecule has 0 aliphatic carbocycles. The molecule has 0 aromatic heterocycles. The van der Waals surface area contributed by atoms with E-state index in [9.17, 15) is 26.7 Å². The monoisotopic (exact) mass is 504 g/mol. The maximum absolute atomic E-state index is 13.1. The van der Waals surface area contributed by atoms with Crippen LogP contribution in [-0.4, -0.2) is 35.0 Å². The molecular weight excluding hydrogens is 480 g/mol. The van der Waals surface area contributed by atoms with Crippen LogP contribution in [0.15, 0.2) is 64.4 Å². The maximum Gasteiger partial charge on any atom is 0.335 e. The number of hydrogen-bond donors (Lipinski definition) is 3. The van der Waals surface area contributed by atoms with Gasteiger partial charge in [0.1, 0.15) is 10.6 Å². The average molecular weight is 505 g/mol.